The second-order valence-corrected chi connectivity index (χ2v) is 2.58. The molecule has 0 spiro atoms. The monoisotopic (exact) mass is 139 g/mol. The summed E-state index contributed by atoms with van der Waals surface area (Å²) in [4.78, 5) is 0. The Hall–Kier alpha value is 0.0649. The molecule has 0 unspecified atom stereocenters. The summed E-state index contributed by atoms with van der Waals surface area (Å²) >= 11 is 0. The topological polar surface area (TPSA) is 0 Å². The van der Waals surface area contributed by atoms with Crippen molar-refractivity contribution in [2.75, 3.05) is 0 Å². The Bertz CT molecular complexity index is 96.0. The molecule has 1 heteroatoms. The quantitative estimate of drug-likeness (QED) is 0.507. The summed E-state index contributed by atoms with van der Waals surface area (Å²) in [5.74, 6) is 2.55. The molecule has 0 amide bonds. The molecule has 0 aliphatic heterocycles. The lowest BCUT2D eigenvalue weighted by Gasteiger charge is -2.10. The van der Waals surface area contributed by atoms with Crippen LogP contribution in [0.2, 0.25) is 0 Å². The molecule has 0 heterocycles. The molecule has 2 rings (SSSR count). The van der Waals surface area contributed by atoms with E-state index >= 15 is 0 Å². The van der Waals surface area contributed by atoms with Crippen LogP contribution in [0, 0.1) is 63.0 Å². The lowest BCUT2D eigenvalue weighted by Crippen LogP contribution is -2.12. The van der Waals surface area contributed by atoms with Gasteiger partial charge in [0.05, 0.1) is 0 Å². The summed E-state index contributed by atoms with van der Waals surface area (Å²) in [5, 5.41) is 0. The Morgan fingerprint density at radius 3 is 1.36 bits per heavy atom. The molecule has 0 saturated heterocycles. The van der Waals surface area contributed by atoms with E-state index in [4.69, 9.17) is 0 Å². The van der Waals surface area contributed by atoms with Gasteiger partial charge >= 0.3 is 0 Å². The van der Waals surface area contributed by atoms with Crippen LogP contribution in [0.3, 0.4) is 0 Å². The van der Waals surface area contributed by atoms with Crippen LogP contribution in [0.4, 0.5) is 0 Å². The Labute approximate surface area is 71.0 Å². The van der Waals surface area contributed by atoms with Gasteiger partial charge < -0.3 is 0 Å². The van der Waals surface area contributed by atoms with Gasteiger partial charge in [0.1, 0.15) is 7.28 Å². The summed E-state index contributed by atoms with van der Waals surface area (Å²) in [7, 11) is 2.17. The van der Waals surface area contributed by atoms with Crippen LogP contribution in [0.15, 0.2) is 0 Å². The first-order chi connectivity index (χ1) is 5.45. The van der Waals surface area contributed by atoms with E-state index in [9.17, 15) is 0 Å². The maximum Gasteiger partial charge on any atom is 0.127 e. The highest BCUT2D eigenvalue weighted by Gasteiger charge is 2.25. The van der Waals surface area contributed by atoms with E-state index < -0.39 is 0 Å². The maximum absolute atomic E-state index is 2.17. The average molecular weight is 139 g/mol. The second kappa shape index (κ2) is 3.64. The van der Waals surface area contributed by atoms with Gasteiger partial charge in [0.2, 0.25) is 0 Å². The first kappa shape index (κ1) is 7.70. The molecule has 0 atom stereocenters. The van der Waals surface area contributed by atoms with Crippen LogP contribution in [0.1, 0.15) is 0 Å². The van der Waals surface area contributed by atoms with Gasteiger partial charge in [-0.25, -0.2) is 0 Å². The van der Waals surface area contributed by atoms with E-state index in [0.717, 1.165) is 0 Å². The van der Waals surface area contributed by atoms with Gasteiger partial charge in [-0.05, 0) is 51.4 Å². The maximum atomic E-state index is 2.17. The highest BCUT2D eigenvalue weighted by atomic mass is 14.2. The number of hydrogen-bond donors (Lipinski definition) is 0. The standard InChI is InChI=1S/C10H8B/c1-2-6-9(5-1)11-10-7-3-4-8-10/h1-8H. The van der Waals surface area contributed by atoms with Gasteiger partial charge in [-0.1, -0.05) is 11.6 Å². The van der Waals surface area contributed by atoms with Crippen molar-refractivity contribution in [3.63, 3.8) is 0 Å². The molecule has 11 radical (unpaired) electrons. The van der Waals surface area contributed by atoms with Crippen LogP contribution in [0.25, 0.3) is 0 Å². The fourth-order valence-electron chi connectivity index (χ4n) is 1.16. The molecule has 0 nitrogen and oxygen atoms in total. The zero-order chi connectivity index (χ0) is 7.52. The summed E-state index contributed by atoms with van der Waals surface area (Å²) in [6, 6.07) is 0. The highest BCUT2D eigenvalue weighted by molar-refractivity contribution is 6.53. The minimum atomic E-state index is 1.27. The van der Waals surface area contributed by atoms with Gasteiger partial charge in [0, 0.05) is 0 Å². The van der Waals surface area contributed by atoms with Crippen molar-refractivity contribution < 1.29 is 0 Å². The minimum absolute atomic E-state index is 1.27. The van der Waals surface area contributed by atoms with E-state index in [1.54, 1.807) is 0 Å². The minimum Gasteiger partial charge on any atom is -0.0512 e. The van der Waals surface area contributed by atoms with Crippen molar-refractivity contribution in [2.24, 2.45) is 0 Å². The lowest BCUT2D eigenvalue weighted by molar-refractivity contribution is 1.42. The van der Waals surface area contributed by atoms with Gasteiger partial charge in [0.15, 0.2) is 0 Å². The van der Waals surface area contributed by atoms with E-state index in [1.807, 2.05) is 0 Å². The Morgan fingerprint density at radius 1 is 0.636 bits per heavy atom. The van der Waals surface area contributed by atoms with Crippen LogP contribution >= 0.6 is 0 Å². The third-order valence-electron chi connectivity index (χ3n) is 1.71. The van der Waals surface area contributed by atoms with Crippen LogP contribution in [-0.2, 0) is 0 Å². The van der Waals surface area contributed by atoms with E-state index in [2.05, 4.69) is 58.6 Å². The molecular weight excluding hydrogens is 131 g/mol. The van der Waals surface area contributed by atoms with Crippen molar-refractivity contribution in [3.8, 4) is 0 Å². The third-order valence-corrected chi connectivity index (χ3v) is 1.71. The molecule has 0 aromatic carbocycles. The SMILES string of the molecule is [B]([C]1[CH][CH][CH][CH]1)[C]1[CH][CH][CH][CH]1. The van der Waals surface area contributed by atoms with Crippen LogP contribution in [-0.4, -0.2) is 7.28 Å². The molecule has 2 aliphatic carbocycles. The predicted molar refractivity (Wildman–Crippen MR) is 46.6 cm³/mol. The Kier molecular flexibility index (Phi) is 2.55. The first-order valence-electron chi connectivity index (χ1n) is 3.73. The fourth-order valence-corrected chi connectivity index (χ4v) is 1.16. The predicted octanol–water partition coefficient (Wildman–Crippen LogP) is 1.42. The van der Waals surface area contributed by atoms with Gasteiger partial charge in [-0.15, -0.1) is 0 Å². The number of rotatable bonds is 2. The lowest BCUT2D eigenvalue weighted by atomic mass is 9.53. The molecule has 2 fully saturated rings. The smallest absolute Gasteiger partial charge is 0.0512 e. The fraction of sp³-hybridized carbons (Fsp3) is 0. The molecule has 51 valence electrons. The van der Waals surface area contributed by atoms with Crippen molar-refractivity contribution >= 4 is 7.28 Å². The van der Waals surface area contributed by atoms with Crippen molar-refractivity contribution in [1.82, 2.24) is 0 Å². The molecule has 2 saturated carbocycles. The normalized spacial score (nSPS) is 28.0. The van der Waals surface area contributed by atoms with E-state index in [0.29, 0.717) is 0 Å². The molecular formula is C10H8B. The van der Waals surface area contributed by atoms with Gasteiger partial charge in [0.25, 0.3) is 0 Å². The van der Waals surface area contributed by atoms with Crippen LogP contribution < -0.4 is 0 Å². The van der Waals surface area contributed by atoms with Crippen molar-refractivity contribution in [3.05, 3.63) is 63.0 Å². The Morgan fingerprint density at radius 2 is 1.00 bits per heavy atom. The molecule has 0 aromatic heterocycles. The zero-order valence-electron chi connectivity index (χ0n) is 6.20. The average Bonchev–Trinajstić information content (AvgIpc) is 2.60. The van der Waals surface area contributed by atoms with Gasteiger partial charge in [-0.2, -0.15) is 0 Å². The van der Waals surface area contributed by atoms with Crippen molar-refractivity contribution in [2.45, 2.75) is 0 Å². The van der Waals surface area contributed by atoms with E-state index in [1.165, 1.54) is 11.6 Å². The summed E-state index contributed by atoms with van der Waals surface area (Å²) in [5.41, 5.74) is 0. The Balaban J connectivity index is 1.71. The second-order valence-electron chi connectivity index (χ2n) is 2.58. The molecule has 0 N–H and O–H groups in total. The van der Waals surface area contributed by atoms with Crippen molar-refractivity contribution in [1.29, 1.82) is 0 Å². The van der Waals surface area contributed by atoms with E-state index in [-0.39, 0.29) is 0 Å². The highest BCUT2D eigenvalue weighted by Crippen LogP contribution is 2.29. The summed E-state index contributed by atoms with van der Waals surface area (Å²) < 4.78 is 0. The molecule has 0 aromatic rings. The largest absolute Gasteiger partial charge is 0.127 e. The molecule has 2 aliphatic rings. The molecule has 0 bridgehead atoms. The molecule has 11 heavy (non-hydrogen) atoms. The first-order valence-corrected chi connectivity index (χ1v) is 3.73. The summed E-state index contributed by atoms with van der Waals surface area (Å²) in [6.45, 7) is 0. The summed E-state index contributed by atoms with van der Waals surface area (Å²) in [6.07, 6.45) is 16.6. The van der Waals surface area contributed by atoms with Gasteiger partial charge in [-0.3, -0.25) is 0 Å². The zero-order valence-corrected chi connectivity index (χ0v) is 6.20. The third kappa shape index (κ3) is 2.01. The number of hydrogen-bond acceptors (Lipinski definition) is 0. The van der Waals surface area contributed by atoms with Crippen LogP contribution in [0.5, 0.6) is 0 Å².